The van der Waals surface area contributed by atoms with Crippen molar-refractivity contribution in [2.75, 3.05) is 19.8 Å². The van der Waals surface area contributed by atoms with Crippen LogP contribution in [0.3, 0.4) is 0 Å². The summed E-state index contributed by atoms with van der Waals surface area (Å²) in [7, 11) is 0. The minimum Gasteiger partial charge on any atom is -0.394 e. The van der Waals surface area contributed by atoms with E-state index in [4.69, 9.17) is 18.9 Å². The van der Waals surface area contributed by atoms with E-state index < -0.39 is 86.8 Å². The molecular weight excluding hydrogens is 1110 g/mol. The van der Waals surface area contributed by atoms with E-state index in [9.17, 15) is 45.6 Å². The highest BCUT2D eigenvalue weighted by atomic mass is 16.7. The number of hydrogen-bond donors (Lipinski definition) is 9. The number of amides is 1. The molecule has 14 nitrogen and oxygen atoms in total. The zero-order valence-corrected chi connectivity index (χ0v) is 53.9. The Hall–Kier alpha value is -4.39. The SMILES string of the molecule is CC/C=C\C/C=C\C/C=C\C/C=C\C/C=C\C/C=C\C/C=C\C/C=C\C/C=C\C/C=C\CCCCCCCCCCCCC(=O)NC(COC1OC(CO)C(OC2OC(CO)C(O)C(O)C2O)C(O)C1O)C(O)/C=C/CC/C=C/CC/C=C/CCCCC. The Morgan fingerprint density at radius 2 is 0.795 bits per heavy atom. The standard InChI is InChI=1S/C74H119NO13/c1-3-5-7-9-11-13-15-17-18-19-20-21-22-23-24-25-26-27-28-29-30-31-32-33-34-35-36-37-38-39-40-41-42-43-44-46-48-50-52-54-56-58-66(79)75-62(63(78)57-55-53-51-49-47-45-16-14-12-10-8-6-4-2)61-85-73-71(84)69(82)72(65(60-77)87-73)88-74-70(83)68(81)67(80)64(59-76)86-74/h5,7,11-14,17-18,20-21,23-24,26-27,29-30,32-33,35-36,38-39,47,49,55,57,62-65,67-74,76-78,80-84H,3-4,6,8-10,15-16,19,22,25,28,31,34,37,40-46,48,50-54,56,58-61H2,1-2H3,(H,75,79)/b7-5-,13-11-,14-12+,18-17-,21-20-,24-23-,27-26-,30-29-,33-32-,36-35-,39-38-,49-47+,57-55+. The fraction of sp³-hybridized carbons (Fsp3) is 0.635. The van der Waals surface area contributed by atoms with Crippen molar-refractivity contribution in [3.05, 3.63) is 158 Å². The van der Waals surface area contributed by atoms with Crippen molar-refractivity contribution >= 4 is 5.91 Å². The van der Waals surface area contributed by atoms with Crippen LogP contribution in [-0.4, -0.2) is 140 Å². The molecule has 12 atom stereocenters. The Balaban J connectivity index is 1.62. The van der Waals surface area contributed by atoms with E-state index >= 15 is 0 Å². The van der Waals surface area contributed by atoms with Gasteiger partial charge < -0.3 is 65.1 Å². The van der Waals surface area contributed by atoms with Crippen molar-refractivity contribution in [3.63, 3.8) is 0 Å². The summed E-state index contributed by atoms with van der Waals surface area (Å²) < 4.78 is 22.7. The number of ether oxygens (including phenoxy) is 4. The lowest BCUT2D eigenvalue weighted by molar-refractivity contribution is -0.359. The molecule has 2 saturated heterocycles. The largest absolute Gasteiger partial charge is 0.394 e. The molecule has 2 rings (SSSR count). The van der Waals surface area contributed by atoms with Gasteiger partial charge in [0, 0.05) is 6.42 Å². The second kappa shape index (κ2) is 56.6. The first-order chi connectivity index (χ1) is 43.1. The van der Waals surface area contributed by atoms with Crippen LogP contribution in [0.5, 0.6) is 0 Å². The van der Waals surface area contributed by atoms with Crippen LogP contribution in [0, 0.1) is 0 Å². The first-order valence-electron chi connectivity index (χ1n) is 33.7. The number of aliphatic hydroxyl groups excluding tert-OH is 8. The van der Waals surface area contributed by atoms with Crippen LogP contribution in [-0.2, 0) is 23.7 Å². The molecule has 2 aliphatic rings. The molecule has 0 aromatic rings. The maximum atomic E-state index is 13.3. The minimum atomic E-state index is -1.80. The topological polar surface area (TPSA) is 228 Å². The molecule has 0 aromatic carbocycles. The molecule has 2 fully saturated rings. The van der Waals surface area contributed by atoms with Gasteiger partial charge >= 0.3 is 0 Å². The zero-order valence-electron chi connectivity index (χ0n) is 53.9. The normalized spacial score (nSPS) is 24.2. The molecule has 14 heteroatoms. The van der Waals surface area contributed by atoms with Crippen LogP contribution in [0.2, 0.25) is 0 Å². The van der Waals surface area contributed by atoms with Crippen LogP contribution < -0.4 is 5.32 Å². The van der Waals surface area contributed by atoms with Crippen LogP contribution in [0.4, 0.5) is 0 Å². The Bertz CT molecular complexity index is 2080. The quantitative estimate of drug-likeness (QED) is 0.0204. The number of carbonyl (C=O) groups excluding carboxylic acids is 1. The summed E-state index contributed by atoms with van der Waals surface area (Å²) >= 11 is 0. The maximum Gasteiger partial charge on any atom is 0.220 e. The molecule has 12 unspecified atom stereocenters. The maximum absolute atomic E-state index is 13.3. The Morgan fingerprint density at radius 1 is 0.420 bits per heavy atom. The third-order valence-electron chi connectivity index (χ3n) is 15.2. The number of nitrogens with one attached hydrogen (secondary N) is 1. The Morgan fingerprint density at radius 3 is 1.25 bits per heavy atom. The van der Waals surface area contributed by atoms with E-state index in [0.29, 0.717) is 12.8 Å². The van der Waals surface area contributed by atoms with Gasteiger partial charge in [0.05, 0.1) is 32.0 Å². The fourth-order valence-electron chi connectivity index (χ4n) is 9.82. The van der Waals surface area contributed by atoms with E-state index in [1.807, 2.05) is 6.08 Å². The van der Waals surface area contributed by atoms with Crippen LogP contribution >= 0.6 is 0 Å². The number of carbonyl (C=O) groups is 1. The predicted octanol–water partition coefficient (Wildman–Crippen LogP) is 13.4. The highest BCUT2D eigenvalue weighted by Crippen LogP contribution is 2.30. The van der Waals surface area contributed by atoms with Crippen molar-refractivity contribution in [3.8, 4) is 0 Å². The molecule has 1 amide bonds. The van der Waals surface area contributed by atoms with E-state index in [1.54, 1.807) is 6.08 Å². The van der Waals surface area contributed by atoms with Gasteiger partial charge in [-0.3, -0.25) is 4.79 Å². The molecule has 88 heavy (non-hydrogen) atoms. The van der Waals surface area contributed by atoms with Gasteiger partial charge in [0.15, 0.2) is 12.6 Å². The number of aliphatic hydroxyl groups is 8. The molecule has 9 N–H and O–H groups in total. The molecule has 0 radical (unpaired) electrons. The molecule has 0 aliphatic carbocycles. The second-order valence-electron chi connectivity index (χ2n) is 22.8. The minimum absolute atomic E-state index is 0.254. The summed E-state index contributed by atoms with van der Waals surface area (Å²) in [4.78, 5) is 13.3. The molecule has 2 heterocycles. The van der Waals surface area contributed by atoms with Gasteiger partial charge in [-0.25, -0.2) is 0 Å². The predicted molar refractivity (Wildman–Crippen MR) is 359 cm³/mol. The first-order valence-corrected chi connectivity index (χ1v) is 33.7. The fourth-order valence-corrected chi connectivity index (χ4v) is 9.82. The number of unbranched alkanes of at least 4 members (excludes halogenated alkanes) is 15. The summed E-state index contributed by atoms with van der Waals surface area (Å²) in [5.74, 6) is -0.266. The third kappa shape index (κ3) is 40.4. The lowest BCUT2D eigenvalue weighted by Crippen LogP contribution is -2.65. The molecule has 0 bridgehead atoms. The van der Waals surface area contributed by atoms with Crippen LogP contribution in [0.15, 0.2) is 158 Å². The van der Waals surface area contributed by atoms with Crippen molar-refractivity contribution in [1.82, 2.24) is 5.32 Å². The van der Waals surface area contributed by atoms with Gasteiger partial charge in [0.1, 0.15) is 48.8 Å². The average Bonchev–Trinajstić information content (AvgIpc) is 2.45. The molecule has 0 spiro atoms. The van der Waals surface area contributed by atoms with Gasteiger partial charge in [-0.1, -0.05) is 236 Å². The van der Waals surface area contributed by atoms with Crippen molar-refractivity contribution < 1.29 is 64.6 Å². The van der Waals surface area contributed by atoms with Gasteiger partial charge in [-0.15, -0.1) is 0 Å². The summed E-state index contributed by atoms with van der Waals surface area (Å²) in [5, 5.41) is 87.1. The molecule has 0 aromatic heterocycles. The lowest BCUT2D eigenvalue weighted by atomic mass is 9.97. The molecule has 0 saturated carbocycles. The monoisotopic (exact) mass is 1230 g/mol. The zero-order chi connectivity index (χ0) is 63.8. The van der Waals surface area contributed by atoms with Crippen molar-refractivity contribution in [2.45, 2.75) is 280 Å². The smallest absolute Gasteiger partial charge is 0.220 e. The molecular formula is C74H119NO13. The summed E-state index contributed by atoms with van der Waals surface area (Å²) in [6, 6.07) is -0.950. The average molecular weight is 1230 g/mol. The van der Waals surface area contributed by atoms with E-state index in [2.05, 4.69) is 165 Å². The summed E-state index contributed by atoms with van der Waals surface area (Å²) in [6.07, 6.45) is 70.2. The Labute approximate surface area is 531 Å². The first kappa shape index (κ1) is 79.7. The number of hydrogen-bond acceptors (Lipinski definition) is 13. The molecule has 2 aliphatic heterocycles. The second-order valence-corrected chi connectivity index (χ2v) is 22.8. The number of rotatable bonds is 52. The Kier molecular flexibility index (Phi) is 51.2. The van der Waals surface area contributed by atoms with Crippen molar-refractivity contribution in [2.24, 2.45) is 0 Å². The van der Waals surface area contributed by atoms with Crippen LogP contribution in [0.25, 0.3) is 0 Å². The lowest BCUT2D eigenvalue weighted by Gasteiger charge is -2.46. The summed E-state index contributed by atoms with van der Waals surface area (Å²) in [6.45, 7) is 2.59. The van der Waals surface area contributed by atoms with E-state index in [-0.39, 0.29) is 18.9 Å². The third-order valence-corrected chi connectivity index (χ3v) is 15.2. The van der Waals surface area contributed by atoms with Crippen LogP contribution in [0.1, 0.15) is 206 Å². The van der Waals surface area contributed by atoms with Gasteiger partial charge in [0.2, 0.25) is 5.91 Å². The van der Waals surface area contributed by atoms with E-state index in [1.165, 1.54) is 57.8 Å². The van der Waals surface area contributed by atoms with Gasteiger partial charge in [-0.2, -0.15) is 0 Å². The molecule has 498 valence electrons. The van der Waals surface area contributed by atoms with Crippen molar-refractivity contribution in [1.29, 1.82) is 0 Å². The van der Waals surface area contributed by atoms with E-state index in [0.717, 1.165) is 116 Å². The number of allylic oxidation sites excluding steroid dienone is 25. The van der Waals surface area contributed by atoms with Gasteiger partial charge in [0.25, 0.3) is 0 Å². The summed E-state index contributed by atoms with van der Waals surface area (Å²) in [5.41, 5.74) is 0. The highest BCUT2D eigenvalue weighted by molar-refractivity contribution is 5.76. The highest BCUT2D eigenvalue weighted by Gasteiger charge is 2.51. The van der Waals surface area contributed by atoms with Gasteiger partial charge in [-0.05, 0) is 122 Å².